The second-order valence-corrected chi connectivity index (χ2v) is 11.3. The zero-order valence-electron chi connectivity index (χ0n) is 23.0. The third-order valence-electron chi connectivity index (χ3n) is 6.70. The summed E-state index contributed by atoms with van der Waals surface area (Å²) in [6.45, 7) is 1.94. The third-order valence-corrected chi connectivity index (χ3v) is 8.06. The lowest BCUT2D eigenvalue weighted by Gasteiger charge is -2.31. The molecular weight excluding hydrogens is 603 g/mol. The summed E-state index contributed by atoms with van der Waals surface area (Å²) < 4.78 is 99.4. The molecule has 1 aromatic heterocycles. The highest BCUT2D eigenvalue weighted by Crippen LogP contribution is 2.25. The number of nitrogens with one attached hydrogen (secondary N) is 1. The maximum Gasteiger partial charge on any atom is 0.522 e. The van der Waals surface area contributed by atoms with E-state index in [1.165, 1.54) is 31.2 Å². The molecular formula is C27H29F5N4O6S. The van der Waals surface area contributed by atoms with E-state index < -0.39 is 58.5 Å². The second kappa shape index (κ2) is 14.7. The highest BCUT2D eigenvalue weighted by Gasteiger charge is 2.30. The molecule has 2 aromatic rings. The van der Waals surface area contributed by atoms with Crippen molar-refractivity contribution < 1.29 is 49.4 Å². The van der Waals surface area contributed by atoms with Gasteiger partial charge < -0.3 is 9.64 Å². The minimum atomic E-state index is -4.76. The molecule has 1 aliphatic rings. The van der Waals surface area contributed by atoms with Crippen molar-refractivity contribution in [3.05, 3.63) is 58.4 Å². The Hall–Kier alpha value is -3.68. The van der Waals surface area contributed by atoms with Gasteiger partial charge in [-0.25, -0.2) is 31.7 Å². The summed E-state index contributed by atoms with van der Waals surface area (Å²) in [6.07, 6.45) is -7.18. The molecule has 1 N–H and O–H groups in total. The predicted octanol–water partition coefficient (Wildman–Crippen LogP) is 3.91. The van der Waals surface area contributed by atoms with Gasteiger partial charge in [-0.05, 0) is 63.0 Å². The first-order valence-electron chi connectivity index (χ1n) is 13.2. The van der Waals surface area contributed by atoms with Crippen molar-refractivity contribution in [1.82, 2.24) is 14.6 Å². The number of piperidine rings is 1. The van der Waals surface area contributed by atoms with Crippen molar-refractivity contribution in [2.24, 2.45) is 5.92 Å². The Morgan fingerprint density at radius 2 is 1.81 bits per heavy atom. The Morgan fingerprint density at radius 3 is 2.37 bits per heavy atom. The highest BCUT2D eigenvalue weighted by atomic mass is 32.2. The number of halogens is 5. The fourth-order valence-electron chi connectivity index (χ4n) is 4.47. The van der Waals surface area contributed by atoms with Gasteiger partial charge in [0, 0.05) is 18.9 Å². The van der Waals surface area contributed by atoms with Gasteiger partial charge in [-0.1, -0.05) is 12.1 Å². The van der Waals surface area contributed by atoms with E-state index in [9.17, 15) is 45.2 Å². The fraction of sp³-hybridized carbons (Fsp3) is 0.481. The lowest BCUT2D eigenvalue weighted by atomic mass is 9.96. The van der Waals surface area contributed by atoms with Crippen LogP contribution in [0.15, 0.2) is 35.2 Å². The van der Waals surface area contributed by atoms with Gasteiger partial charge in [0.25, 0.3) is 16.4 Å². The lowest BCUT2D eigenvalue weighted by molar-refractivity contribution is -0.324. The van der Waals surface area contributed by atoms with Gasteiger partial charge in [0.1, 0.15) is 11.8 Å². The molecule has 234 valence electrons. The molecule has 1 aromatic carbocycles. The van der Waals surface area contributed by atoms with Crippen LogP contribution in [0.3, 0.4) is 0 Å². The molecule has 10 nitrogen and oxygen atoms in total. The number of ether oxygens (including phenoxy) is 2. The summed E-state index contributed by atoms with van der Waals surface area (Å²) in [7, 11) is -4.22. The number of pyridine rings is 1. The number of esters is 1. The summed E-state index contributed by atoms with van der Waals surface area (Å²) in [6, 6.07) is 7.95. The molecule has 0 saturated carbocycles. The molecule has 0 bridgehead atoms. The number of aromatic nitrogens is 1. The van der Waals surface area contributed by atoms with Crippen molar-refractivity contribution in [3.63, 3.8) is 0 Å². The lowest BCUT2D eigenvalue weighted by Crippen LogP contribution is -2.42. The number of benzene rings is 1. The molecule has 0 spiro atoms. The number of carbonyl (C=O) groups excluding carboxylic acids is 2. The van der Waals surface area contributed by atoms with E-state index in [4.69, 9.17) is 4.74 Å². The number of hydrogen-bond donors (Lipinski definition) is 1. The van der Waals surface area contributed by atoms with E-state index in [1.54, 1.807) is 0 Å². The van der Waals surface area contributed by atoms with Crippen LogP contribution in [0.5, 0.6) is 0 Å². The van der Waals surface area contributed by atoms with Crippen LogP contribution in [0.1, 0.15) is 59.1 Å². The zero-order chi connectivity index (χ0) is 31.8. The fourth-order valence-corrected chi connectivity index (χ4v) is 5.51. The molecule has 0 radical (unpaired) electrons. The van der Waals surface area contributed by atoms with E-state index in [2.05, 4.69) is 9.72 Å². The number of nitrogens with zero attached hydrogens (tertiary/aromatic N) is 3. The van der Waals surface area contributed by atoms with E-state index >= 15 is 0 Å². The molecule has 3 rings (SSSR count). The van der Waals surface area contributed by atoms with Gasteiger partial charge in [0.05, 0.1) is 34.9 Å². The largest absolute Gasteiger partial charge is 0.522 e. The molecule has 16 heteroatoms. The van der Waals surface area contributed by atoms with E-state index in [0.29, 0.717) is 38.0 Å². The number of alkyl halides is 5. The highest BCUT2D eigenvalue weighted by molar-refractivity contribution is 7.90. The number of likely N-dealkylation sites (tertiary alicyclic amines) is 1. The molecule has 1 fully saturated rings. The number of hydrogen-bond acceptors (Lipinski definition) is 9. The van der Waals surface area contributed by atoms with Gasteiger partial charge in [-0.2, -0.15) is 5.26 Å². The average molecular weight is 633 g/mol. The quantitative estimate of drug-likeness (QED) is 0.273. The Balaban J connectivity index is 1.54. The first kappa shape index (κ1) is 33.8. The smallest absolute Gasteiger partial charge is 0.462 e. The van der Waals surface area contributed by atoms with Gasteiger partial charge in [0.2, 0.25) is 5.91 Å². The molecule has 1 amide bonds. The molecule has 43 heavy (non-hydrogen) atoms. The number of carbonyl (C=O) groups is 2. The summed E-state index contributed by atoms with van der Waals surface area (Å²) in [4.78, 5) is 30.4. The molecule has 1 saturated heterocycles. The number of sulfonamides is 1. The average Bonchev–Trinajstić information content (AvgIpc) is 2.95. The van der Waals surface area contributed by atoms with E-state index in [0.717, 1.165) is 6.07 Å². The topological polar surface area (TPSA) is 139 Å². The Bertz CT molecular complexity index is 1440. The van der Waals surface area contributed by atoms with E-state index in [-0.39, 0.29) is 35.6 Å². The van der Waals surface area contributed by atoms with Crippen LogP contribution < -0.4 is 4.72 Å². The number of amides is 1. The van der Waals surface area contributed by atoms with Crippen molar-refractivity contribution in [2.45, 2.75) is 50.3 Å². The second-order valence-electron chi connectivity index (χ2n) is 9.57. The maximum atomic E-state index is 13.6. The van der Waals surface area contributed by atoms with Gasteiger partial charge in [-0.15, -0.1) is 13.2 Å². The minimum absolute atomic E-state index is 0.0328. The van der Waals surface area contributed by atoms with Crippen molar-refractivity contribution in [2.75, 3.05) is 32.8 Å². The molecule has 1 aliphatic heterocycles. The normalized spacial score (nSPS) is 14.8. The summed E-state index contributed by atoms with van der Waals surface area (Å²) >= 11 is 0. The molecule has 0 unspecified atom stereocenters. The van der Waals surface area contributed by atoms with Crippen molar-refractivity contribution in [1.29, 1.82) is 5.26 Å². The van der Waals surface area contributed by atoms with E-state index in [1.807, 2.05) is 15.7 Å². The Morgan fingerprint density at radius 1 is 1.16 bits per heavy atom. The van der Waals surface area contributed by atoms with Crippen LogP contribution in [-0.4, -0.2) is 69.4 Å². The maximum absolute atomic E-state index is 13.6. The number of nitriles is 1. The summed E-state index contributed by atoms with van der Waals surface area (Å²) in [5, 5.41) is 9.49. The van der Waals surface area contributed by atoms with Gasteiger partial charge in [0.15, 0.2) is 0 Å². The Labute approximate surface area is 244 Å². The summed E-state index contributed by atoms with van der Waals surface area (Å²) in [5.41, 5.74) is -0.760. The zero-order valence-corrected chi connectivity index (χ0v) is 23.8. The SMILES string of the molecule is CCOC(=O)c1cc(C#N)c(CCN2CCC(C(=O)NS(=O)(=O)c3ccc(CCOC(F)(F)F)cc3)CC2)nc1C(F)F. The van der Waals surface area contributed by atoms with Crippen LogP contribution in [-0.2, 0) is 37.1 Å². The summed E-state index contributed by atoms with van der Waals surface area (Å²) in [5.74, 6) is -2.32. The van der Waals surface area contributed by atoms with Gasteiger partial charge >= 0.3 is 12.3 Å². The Kier molecular flexibility index (Phi) is 11.5. The van der Waals surface area contributed by atoms with Crippen molar-refractivity contribution >= 4 is 21.9 Å². The van der Waals surface area contributed by atoms with Crippen LogP contribution in [0, 0.1) is 17.2 Å². The van der Waals surface area contributed by atoms with Crippen LogP contribution in [0.4, 0.5) is 22.0 Å². The van der Waals surface area contributed by atoms with Crippen LogP contribution in [0.25, 0.3) is 0 Å². The predicted molar refractivity (Wildman–Crippen MR) is 140 cm³/mol. The molecule has 0 aliphatic carbocycles. The third kappa shape index (κ3) is 9.66. The molecule has 0 atom stereocenters. The minimum Gasteiger partial charge on any atom is -0.462 e. The van der Waals surface area contributed by atoms with Gasteiger partial charge in [-0.3, -0.25) is 9.53 Å². The van der Waals surface area contributed by atoms with Crippen LogP contribution >= 0.6 is 0 Å². The van der Waals surface area contributed by atoms with Crippen molar-refractivity contribution in [3.8, 4) is 6.07 Å². The first-order valence-corrected chi connectivity index (χ1v) is 14.7. The standard InChI is InChI=1S/C27H29F5N4O6S/c1-2-41-26(38)21-15-19(16-33)22(34-23(21)24(28)29)9-13-36-11-7-18(8-12-36)25(37)35-43(39,40)20-5-3-17(4-6-20)10-14-42-27(30,31)32/h3-6,15,18,24H,2,7-14H2,1H3,(H,35,37). The first-order chi connectivity index (χ1) is 20.2. The molecule has 2 heterocycles. The number of rotatable bonds is 12. The van der Waals surface area contributed by atoms with Crippen LogP contribution in [0.2, 0.25) is 0 Å². The monoisotopic (exact) mass is 632 g/mol.